The van der Waals surface area contributed by atoms with E-state index in [1.54, 1.807) is 0 Å². The molecule has 0 amide bonds. The minimum atomic E-state index is 0.739. The SMILES string of the molecule is CC(C)N1CC2CCCC(C1)C2NC1CCC1. The van der Waals surface area contributed by atoms with Crippen molar-refractivity contribution in [2.24, 2.45) is 11.8 Å². The highest BCUT2D eigenvalue weighted by atomic mass is 15.2. The summed E-state index contributed by atoms with van der Waals surface area (Å²) in [5.41, 5.74) is 0. The van der Waals surface area contributed by atoms with E-state index in [4.69, 9.17) is 0 Å². The Kier molecular flexibility index (Phi) is 3.45. The third-order valence-electron chi connectivity index (χ3n) is 5.37. The lowest BCUT2D eigenvalue weighted by atomic mass is 9.72. The summed E-state index contributed by atoms with van der Waals surface area (Å²) in [5, 5.41) is 3.99. The first-order valence-electron chi connectivity index (χ1n) is 7.74. The topological polar surface area (TPSA) is 15.3 Å². The Labute approximate surface area is 106 Å². The summed E-state index contributed by atoms with van der Waals surface area (Å²) >= 11 is 0. The van der Waals surface area contributed by atoms with Gasteiger partial charge in [0.25, 0.3) is 0 Å². The van der Waals surface area contributed by atoms with Gasteiger partial charge < -0.3 is 10.2 Å². The van der Waals surface area contributed by atoms with E-state index in [0.29, 0.717) is 0 Å². The molecule has 1 heterocycles. The predicted octanol–water partition coefficient (Wildman–Crippen LogP) is 2.64. The van der Waals surface area contributed by atoms with Gasteiger partial charge in [-0.25, -0.2) is 0 Å². The first kappa shape index (κ1) is 12.0. The van der Waals surface area contributed by atoms with Crippen LogP contribution in [0.25, 0.3) is 0 Å². The highest BCUT2D eigenvalue weighted by Gasteiger charge is 2.41. The lowest BCUT2D eigenvalue weighted by molar-refractivity contribution is 0.0203. The number of fused-ring (bicyclic) bond motifs is 2. The molecule has 2 saturated carbocycles. The summed E-state index contributed by atoms with van der Waals surface area (Å²) in [4.78, 5) is 2.72. The van der Waals surface area contributed by atoms with Crippen LogP contribution in [-0.4, -0.2) is 36.1 Å². The van der Waals surface area contributed by atoms with Crippen LogP contribution in [0.5, 0.6) is 0 Å². The van der Waals surface area contributed by atoms with Gasteiger partial charge in [0.2, 0.25) is 0 Å². The summed E-state index contributed by atoms with van der Waals surface area (Å²) in [6.07, 6.45) is 8.73. The lowest BCUT2D eigenvalue weighted by Crippen LogP contribution is -2.60. The van der Waals surface area contributed by atoms with Crippen LogP contribution in [0.3, 0.4) is 0 Å². The molecular weight excluding hydrogens is 208 g/mol. The van der Waals surface area contributed by atoms with Gasteiger partial charge in [0.15, 0.2) is 0 Å². The minimum absolute atomic E-state index is 0.739. The fraction of sp³-hybridized carbons (Fsp3) is 1.00. The van der Waals surface area contributed by atoms with Gasteiger partial charge in [0, 0.05) is 31.2 Å². The number of nitrogens with one attached hydrogen (secondary N) is 1. The maximum absolute atomic E-state index is 3.99. The van der Waals surface area contributed by atoms with Crippen molar-refractivity contribution in [2.45, 2.75) is 70.5 Å². The highest BCUT2D eigenvalue weighted by molar-refractivity contribution is 4.97. The maximum atomic E-state index is 3.99. The number of hydrogen-bond donors (Lipinski definition) is 1. The molecule has 0 spiro atoms. The molecule has 2 bridgehead atoms. The molecule has 1 saturated heterocycles. The number of likely N-dealkylation sites (tertiary alicyclic amines) is 1. The molecule has 2 unspecified atom stereocenters. The highest BCUT2D eigenvalue weighted by Crippen LogP contribution is 2.37. The van der Waals surface area contributed by atoms with Crippen LogP contribution in [0.1, 0.15) is 52.4 Å². The summed E-state index contributed by atoms with van der Waals surface area (Å²) in [6, 6.07) is 2.46. The van der Waals surface area contributed by atoms with E-state index in [1.807, 2.05) is 0 Å². The van der Waals surface area contributed by atoms with Gasteiger partial charge >= 0.3 is 0 Å². The number of rotatable bonds is 3. The Morgan fingerprint density at radius 3 is 2.00 bits per heavy atom. The first-order valence-corrected chi connectivity index (χ1v) is 7.74. The van der Waals surface area contributed by atoms with Gasteiger partial charge in [-0.2, -0.15) is 0 Å². The van der Waals surface area contributed by atoms with Crippen molar-refractivity contribution in [3.63, 3.8) is 0 Å². The van der Waals surface area contributed by atoms with Crippen LogP contribution < -0.4 is 5.32 Å². The van der Waals surface area contributed by atoms with Crippen LogP contribution in [0.15, 0.2) is 0 Å². The fourth-order valence-electron chi connectivity index (χ4n) is 4.01. The van der Waals surface area contributed by atoms with Crippen molar-refractivity contribution in [1.82, 2.24) is 10.2 Å². The molecule has 0 aromatic heterocycles. The van der Waals surface area contributed by atoms with Gasteiger partial charge in [-0.05, 0) is 51.4 Å². The van der Waals surface area contributed by atoms with E-state index in [2.05, 4.69) is 24.1 Å². The average Bonchev–Trinajstić information content (AvgIpc) is 2.22. The average molecular weight is 236 g/mol. The van der Waals surface area contributed by atoms with Gasteiger partial charge in [-0.15, -0.1) is 0 Å². The summed E-state index contributed by atoms with van der Waals surface area (Å²) in [5.74, 6) is 1.87. The molecule has 2 aliphatic carbocycles. The van der Waals surface area contributed by atoms with Gasteiger partial charge in [-0.3, -0.25) is 0 Å². The van der Waals surface area contributed by atoms with Crippen molar-refractivity contribution >= 4 is 0 Å². The Morgan fingerprint density at radius 2 is 1.53 bits per heavy atom. The van der Waals surface area contributed by atoms with Gasteiger partial charge in [-0.1, -0.05) is 12.8 Å². The third kappa shape index (κ3) is 2.39. The summed E-state index contributed by atoms with van der Waals surface area (Å²) in [7, 11) is 0. The summed E-state index contributed by atoms with van der Waals surface area (Å²) < 4.78 is 0. The first-order chi connectivity index (χ1) is 8.24. The second-order valence-electron chi connectivity index (χ2n) is 6.82. The molecule has 0 radical (unpaired) electrons. The Morgan fingerprint density at radius 1 is 0.941 bits per heavy atom. The third-order valence-corrected chi connectivity index (χ3v) is 5.37. The maximum Gasteiger partial charge on any atom is 0.0151 e. The molecule has 0 aromatic rings. The predicted molar refractivity (Wildman–Crippen MR) is 72.1 cm³/mol. The quantitative estimate of drug-likeness (QED) is 0.810. The van der Waals surface area contributed by atoms with Crippen molar-refractivity contribution in [3.8, 4) is 0 Å². The van der Waals surface area contributed by atoms with Gasteiger partial charge in [0.1, 0.15) is 0 Å². The zero-order chi connectivity index (χ0) is 11.8. The van der Waals surface area contributed by atoms with Crippen LogP contribution in [0.2, 0.25) is 0 Å². The zero-order valence-electron chi connectivity index (χ0n) is 11.5. The van der Waals surface area contributed by atoms with Crippen LogP contribution >= 0.6 is 0 Å². The largest absolute Gasteiger partial charge is 0.311 e. The van der Waals surface area contributed by atoms with E-state index in [0.717, 1.165) is 30.0 Å². The van der Waals surface area contributed by atoms with Crippen LogP contribution in [0, 0.1) is 11.8 Å². The normalized spacial score (nSPS) is 39.4. The number of piperidine rings is 1. The summed E-state index contributed by atoms with van der Waals surface area (Å²) in [6.45, 7) is 7.40. The Hall–Kier alpha value is -0.0800. The van der Waals surface area contributed by atoms with Crippen molar-refractivity contribution in [3.05, 3.63) is 0 Å². The van der Waals surface area contributed by atoms with Crippen LogP contribution in [-0.2, 0) is 0 Å². The molecule has 0 aromatic carbocycles. The fourth-order valence-corrected chi connectivity index (χ4v) is 4.01. The van der Waals surface area contributed by atoms with Crippen molar-refractivity contribution < 1.29 is 0 Å². The van der Waals surface area contributed by atoms with E-state index in [9.17, 15) is 0 Å². The second kappa shape index (κ2) is 4.89. The monoisotopic (exact) mass is 236 g/mol. The molecule has 3 aliphatic rings. The smallest absolute Gasteiger partial charge is 0.0151 e. The molecule has 3 fully saturated rings. The van der Waals surface area contributed by atoms with Crippen LogP contribution in [0.4, 0.5) is 0 Å². The van der Waals surface area contributed by atoms with E-state index in [-0.39, 0.29) is 0 Å². The Bertz CT molecular complexity index is 246. The Balaban J connectivity index is 1.64. The lowest BCUT2D eigenvalue weighted by Gasteiger charge is -2.50. The molecular formula is C15H28N2. The minimum Gasteiger partial charge on any atom is -0.311 e. The van der Waals surface area contributed by atoms with Gasteiger partial charge in [0.05, 0.1) is 0 Å². The molecule has 98 valence electrons. The number of hydrogen-bond acceptors (Lipinski definition) is 2. The van der Waals surface area contributed by atoms with Crippen molar-refractivity contribution in [1.29, 1.82) is 0 Å². The molecule has 1 aliphatic heterocycles. The standard InChI is InChI=1S/C15H28N2/c1-11(2)17-9-12-5-3-6-13(10-17)15(12)16-14-7-4-8-14/h11-16H,3-10H2,1-2H3. The van der Waals surface area contributed by atoms with Crippen molar-refractivity contribution in [2.75, 3.05) is 13.1 Å². The second-order valence-corrected chi connectivity index (χ2v) is 6.82. The molecule has 2 atom stereocenters. The molecule has 2 nitrogen and oxygen atoms in total. The zero-order valence-corrected chi connectivity index (χ0v) is 11.5. The van der Waals surface area contributed by atoms with E-state index < -0.39 is 0 Å². The molecule has 3 rings (SSSR count). The number of nitrogens with zero attached hydrogens (tertiary/aromatic N) is 1. The van der Waals surface area contributed by atoms with E-state index in [1.165, 1.54) is 51.6 Å². The molecule has 17 heavy (non-hydrogen) atoms. The molecule has 1 N–H and O–H groups in total. The molecule has 2 heteroatoms. The van der Waals surface area contributed by atoms with E-state index >= 15 is 0 Å².